The number of pyridine rings is 1. The van der Waals surface area contributed by atoms with Crippen LogP contribution in [0.1, 0.15) is 31.2 Å². The molecule has 2 N–H and O–H groups in total. The summed E-state index contributed by atoms with van der Waals surface area (Å²) in [6, 6.07) is 2.14. The standard InChI is InChI=1S/C12H13F3N2O2/c13-12(14,15)8-3-1-6-16-10(8)17-11(4-2-5-11)7-9(18)19/h1,3,6H,2,4-5,7H2,(H,16,17)(H,18,19). The molecule has 0 bridgehead atoms. The highest BCUT2D eigenvalue weighted by Crippen LogP contribution is 2.41. The zero-order chi connectivity index (χ0) is 14.1. The summed E-state index contributed by atoms with van der Waals surface area (Å²) in [5.74, 6) is -1.33. The topological polar surface area (TPSA) is 62.2 Å². The van der Waals surface area contributed by atoms with Crippen molar-refractivity contribution in [2.75, 3.05) is 5.32 Å². The molecule has 1 aromatic rings. The number of rotatable bonds is 4. The minimum absolute atomic E-state index is 0.207. The van der Waals surface area contributed by atoms with E-state index in [-0.39, 0.29) is 12.2 Å². The third-order valence-electron chi connectivity index (χ3n) is 3.30. The molecule has 1 heterocycles. The smallest absolute Gasteiger partial charge is 0.419 e. The van der Waals surface area contributed by atoms with E-state index in [4.69, 9.17) is 5.11 Å². The van der Waals surface area contributed by atoms with Crippen LogP contribution in [0.25, 0.3) is 0 Å². The Balaban J connectivity index is 2.25. The number of anilines is 1. The quantitative estimate of drug-likeness (QED) is 0.886. The van der Waals surface area contributed by atoms with Crippen molar-refractivity contribution in [2.24, 2.45) is 0 Å². The van der Waals surface area contributed by atoms with E-state index in [0.717, 1.165) is 12.5 Å². The van der Waals surface area contributed by atoms with E-state index < -0.39 is 23.2 Å². The molecular formula is C12H13F3N2O2. The molecule has 1 saturated carbocycles. The van der Waals surface area contributed by atoms with E-state index in [9.17, 15) is 18.0 Å². The van der Waals surface area contributed by atoms with Crippen molar-refractivity contribution in [3.63, 3.8) is 0 Å². The monoisotopic (exact) mass is 274 g/mol. The number of carboxylic acid groups (broad SMARTS) is 1. The van der Waals surface area contributed by atoms with Crippen molar-refractivity contribution < 1.29 is 23.1 Å². The van der Waals surface area contributed by atoms with Crippen LogP contribution in [0.2, 0.25) is 0 Å². The molecule has 0 atom stereocenters. The number of aliphatic carboxylic acids is 1. The Hall–Kier alpha value is -1.79. The fourth-order valence-corrected chi connectivity index (χ4v) is 2.22. The van der Waals surface area contributed by atoms with Crippen molar-refractivity contribution in [3.8, 4) is 0 Å². The molecule has 2 rings (SSSR count). The molecule has 0 radical (unpaired) electrons. The summed E-state index contributed by atoms with van der Waals surface area (Å²) in [5.41, 5.74) is -1.67. The van der Waals surface area contributed by atoms with Gasteiger partial charge in [0.25, 0.3) is 0 Å². The van der Waals surface area contributed by atoms with Crippen LogP contribution in [0, 0.1) is 0 Å². The Labute approximate surface area is 107 Å². The summed E-state index contributed by atoms with van der Waals surface area (Å²) in [5, 5.41) is 11.5. The van der Waals surface area contributed by atoms with Crippen LogP contribution in [-0.2, 0) is 11.0 Å². The number of nitrogens with zero attached hydrogens (tertiary/aromatic N) is 1. The first-order valence-corrected chi connectivity index (χ1v) is 5.85. The molecule has 19 heavy (non-hydrogen) atoms. The van der Waals surface area contributed by atoms with E-state index in [2.05, 4.69) is 10.3 Å². The Morgan fingerprint density at radius 1 is 1.47 bits per heavy atom. The molecule has 104 valence electrons. The number of carboxylic acids is 1. The highest BCUT2D eigenvalue weighted by atomic mass is 19.4. The summed E-state index contributed by atoms with van der Waals surface area (Å²) in [7, 11) is 0. The number of aromatic nitrogens is 1. The molecule has 0 amide bonds. The van der Waals surface area contributed by atoms with Gasteiger partial charge in [0.15, 0.2) is 0 Å². The average molecular weight is 274 g/mol. The average Bonchev–Trinajstić information content (AvgIpc) is 2.24. The molecule has 1 aliphatic carbocycles. The maximum absolute atomic E-state index is 12.8. The second kappa shape index (κ2) is 4.71. The third-order valence-corrected chi connectivity index (χ3v) is 3.30. The highest BCUT2D eigenvalue weighted by Gasteiger charge is 2.42. The van der Waals surface area contributed by atoms with Gasteiger partial charge in [0.1, 0.15) is 5.82 Å². The van der Waals surface area contributed by atoms with Crippen molar-refractivity contribution in [1.82, 2.24) is 4.98 Å². The van der Waals surface area contributed by atoms with Crippen LogP contribution in [0.5, 0.6) is 0 Å². The van der Waals surface area contributed by atoms with E-state index in [0.29, 0.717) is 12.8 Å². The van der Waals surface area contributed by atoms with Crippen molar-refractivity contribution >= 4 is 11.8 Å². The lowest BCUT2D eigenvalue weighted by Gasteiger charge is -2.42. The molecule has 1 aromatic heterocycles. The van der Waals surface area contributed by atoms with Crippen LogP contribution in [0.4, 0.5) is 19.0 Å². The number of nitrogens with one attached hydrogen (secondary N) is 1. The number of alkyl halides is 3. The summed E-state index contributed by atoms with van der Waals surface area (Å²) in [6.45, 7) is 0. The van der Waals surface area contributed by atoms with Gasteiger partial charge in [-0.1, -0.05) is 0 Å². The fourth-order valence-electron chi connectivity index (χ4n) is 2.22. The maximum atomic E-state index is 12.8. The first kappa shape index (κ1) is 13.6. The molecular weight excluding hydrogens is 261 g/mol. The molecule has 1 aliphatic rings. The lowest BCUT2D eigenvalue weighted by molar-refractivity contribution is -0.138. The molecule has 1 fully saturated rings. The van der Waals surface area contributed by atoms with E-state index in [1.807, 2.05) is 0 Å². The molecule has 0 aromatic carbocycles. The van der Waals surface area contributed by atoms with Crippen molar-refractivity contribution in [3.05, 3.63) is 23.9 Å². The number of halogens is 3. The second-order valence-corrected chi connectivity index (χ2v) is 4.73. The predicted octanol–water partition coefficient (Wildman–Crippen LogP) is 2.91. The molecule has 7 heteroatoms. The summed E-state index contributed by atoms with van der Waals surface area (Å²) in [4.78, 5) is 14.5. The van der Waals surface area contributed by atoms with Gasteiger partial charge >= 0.3 is 12.1 Å². The fraction of sp³-hybridized carbons (Fsp3) is 0.500. The molecule has 0 spiro atoms. The SMILES string of the molecule is O=C(O)CC1(Nc2ncccc2C(F)(F)F)CCC1. The molecule has 0 aliphatic heterocycles. The van der Waals surface area contributed by atoms with Gasteiger partial charge in [-0.2, -0.15) is 13.2 Å². The van der Waals surface area contributed by atoms with Gasteiger partial charge in [-0.15, -0.1) is 0 Å². The van der Waals surface area contributed by atoms with E-state index in [1.165, 1.54) is 12.3 Å². The normalized spacial score (nSPS) is 17.6. The lowest BCUT2D eigenvalue weighted by atomic mass is 9.74. The lowest BCUT2D eigenvalue weighted by Crippen LogP contribution is -2.47. The zero-order valence-corrected chi connectivity index (χ0v) is 10.00. The Morgan fingerprint density at radius 3 is 2.63 bits per heavy atom. The highest BCUT2D eigenvalue weighted by molar-refractivity contribution is 5.70. The van der Waals surface area contributed by atoms with Gasteiger partial charge < -0.3 is 10.4 Å². The molecule has 0 saturated heterocycles. The first-order chi connectivity index (χ1) is 8.82. The second-order valence-electron chi connectivity index (χ2n) is 4.73. The van der Waals surface area contributed by atoms with Crippen LogP contribution in [0.15, 0.2) is 18.3 Å². The van der Waals surface area contributed by atoms with Crippen molar-refractivity contribution in [1.29, 1.82) is 0 Å². The summed E-state index contributed by atoms with van der Waals surface area (Å²) >= 11 is 0. The van der Waals surface area contributed by atoms with E-state index in [1.54, 1.807) is 0 Å². The largest absolute Gasteiger partial charge is 0.481 e. The third kappa shape index (κ3) is 2.97. The van der Waals surface area contributed by atoms with Crippen LogP contribution < -0.4 is 5.32 Å². The van der Waals surface area contributed by atoms with Gasteiger partial charge in [-0.3, -0.25) is 4.79 Å². The summed E-state index contributed by atoms with van der Waals surface area (Å²) in [6.07, 6.45) is -1.59. The molecule has 0 unspecified atom stereocenters. The van der Waals surface area contributed by atoms with Gasteiger partial charge in [-0.05, 0) is 31.4 Å². The van der Waals surface area contributed by atoms with Crippen molar-refractivity contribution in [2.45, 2.75) is 37.4 Å². The maximum Gasteiger partial charge on any atom is 0.419 e. The number of hydrogen-bond donors (Lipinski definition) is 2. The number of hydrogen-bond acceptors (Lipinski definition) is 3. The molecule has 4 nitrogen and oxygen atoms in total. The predicted molar refractivity (Wildman–Crippen MR) is 61.7 cm³/mol. The zero-order valence-electron chi connectivity index (χ0n) is 10.00. The number of carbonyl (C=O) groups is 1. The first-order valence-electron chi connectivity index (χ1n) is 5.85. The van der Waals surface area contributed by atoms with Gasteiger partial charge in [-0.25, -0.2) is 4.98 Å². The van der Waals surface area contributed by atoms with Gasteiger partial charge in [0.05, 0.1) is 12.0 Å². The Morgan fingerprint density at radius 2 is 2.16 bits per heavy atom. The Bertz CT molecular complexity index is 484. The minimum atomic E-state index is -4.51. The van der Waals surface area contributed by atoms with Crippen LogP contribution in [-0.4, -0.2) is 21.6 Å². The van der Waals surface area contributed by atoms with Gasteiger partial charge in [0.2, 0.25) is 0 Å². The minimum Gasteiger partial charge on any atom is -0.481 e. The van der Waals surface area contributed by atoms with E-state index >= 15 is 0 Å². The Kier molecular flexibility index (Phi) is 3.38. The van der Waals surface area contributed by atoms with Crippen LogP contribution in [0.3, 0.4) is 0 Å². The van der Waals surface area contributed by atoms with Gasteiger partial charge in [0, 0.05) is 11.7 Å². The summed E-state index contributed by atoms with van der Waals surface area (Å²) < 4.78 is 38.4. The van der Waals surface area contributed by atoms with Crippen LogP contribution >= 0.6 is 0 Å².